The topological polar surface area (TPSA) is 113 Å². The number of anilines is 2. The third-order valence-corrected chi connectivity index (χ3v) is 4.63. The summed E-state index contributed by atoms with van der Waals surface area (Å²) in [6, 6.07) is 9.62. The highest BCUT2D eigenvalue weighted by Gasteiger charge is 2.16. The number of benzene rings is 1. The summed E-state index contributed by atoms with van der Waals surface area (Å²) < 4.78 is 0.854. The molecule has 0 fully saturated rings. The Morgan fingerprint density at radius 2 is 1.73 bits per heavy atom. The molecular weight excluding hydrogens is 384 g/mol. The molecule has 0 unspecified atom stereocenters. The second-order valence-electron chi connectivity index (χ2n) is 7.14. The quantitative estimate of drug-likeness (QED) is 0.590. The van der Waals surface area contributed by atoms with Crippen LogP contribution in [-0.4, -0.2) is 26.8 Å². The largest absolute Gasteiger partial charge is 0.465 e. The summed E-state index contributed by atoms with van der Waals surface area (Å²) in [4.78, 5) is 40.6. The smallest absolute Gasteiger partial charge is 0.409 e. The van der Waals surface area contributed by atoms with E-state index in [0.29, 0.717) is 22.7 Å². The van der Waals surface area contributed by atoms with Crippen molar-refractivity contribution in [1.82, 2.24) is 9.55 Å². The number of pyridine rings is 2. The zero-order valence-electron chi connectivity index (χ0n) is 16.8. The van der Waals surface area contributed by atoms with Gasteiger partial charge in [0.1, 0.15) is 5.69 Å². The summed E-state index contributed by atoms with van der Waals surface area (Å²) in [5, 5.41) is 13.8. The van der Waals surface area contributed by atoms with Gasteiger partial charge >= 0.3 is 12.1 Å². The molecule has 2 amide bonds. The van der Waals surface area contributed by atoms with E-state index in [4.69, 9.17) is 5.11 Å². The van der Waals surface area contributed by atoms with E-state index in [1.807, 2.05) is 19.1 Å². The fourth-order valence-corrected chi connectivity index (χ4v) is 3.22. The lowest BCUT2D eigenvalue weighted by molar-refractivity contribution is 0.209. The molecule has 30 heavy (non-hydrogen) atoms. The van der Waals surface area contributed by atoms with Crippen molar-refractivity contribution in [3.63, 3.8) is 0 Å². The molecule has 3 N–H and O–H groups in total. The number of aromatic nitrogens is 2. The van der Waals surface area contributed by atoms with Gasteiger partial charge in [-0.15, -0.1) is 0 Å². The first kappa shape index (κ1) is 20.8. The Balaban J connectivity index is 2.01. The second-order valence-corrected chi connectivity index (χ2v) is 7.14. The van der Waals surface area contributed by atoms with Crippen LogP contribution >= 0.6 is 0 Å². The van der Waals surface area contributed by atoms with Crippen molar-refractivity contribution in [2.24, 2.45) is 0 Å². The zero-order valence-corrected chi connectivity index (χ0v) is 16.8. The van der Waals surface area contributed by atoms with E-state index in [2.05, 4.69) is 29.5 Å². The lowest BCUT2D eigenvalue weighted by Gasteiger charge is -2.14. The molecule has 0 saturated heterocycles. The average molecular weight is 406 g/mol. The Bertz CT molecular complexity index is 1150. The predicted molar refractivity (Wildman–Crippen MR) is 115 cm³/mol. The standard InChI is InChI=1S/C22H22N4O4/c1-13(2)18-5-4-17(10-14(18)3)24-21(28)26-12-16(15-6-8-23-9-7-15)11-19(20(26)27)25-22(29)30/h4-13,25H,1-3H3,(H,24,28)(H,29,30). The van der Waals surface area contributed by atoms with E-state index < -0.39 is 17.7 Å². The molecule has 0 aliphatic carbocycles. The summed E-state index contributed by atoms with van der Waals surface area (Å²) in [5.74, 6) is 0.346. The van der Waals surface area contributed by atoms with Crippen LogP contribution in [0, 0.1) is 6.92 Å². The Kier molecular flexibility index (Phi) is 5.96. The van der Waals surface area contributed by atoms with Crippen LogP contribution < -0.4 is 16.2 Å². The molecule has 0 spiro atoms. The van der Waals surface area contributed by atoms with E-state index >= 15 is 0 Å². The summed E-state index contributed by atoms with van der Waals surface area (Å²) >= 11 is 0. The van der Waals surface area contributed by atoms with E-state index in [1.54, 1.807) is 30.6 Å². The fraction of sp³-hybridized carbons (Fsp3) is 0.182. The molecule has 0 bridgehead atoms. The normalized spacial score (nSPS) is 10.7. The maximum absolute atomic E-state index is 12.9. The van der Waals surface area contributed by atoms with Gasteiger partial charge in [-0.25, -0.2) is 14.2 Å². The summed E-state index contributed by atoms with van der Waals surface area (Å²) in [6.07, 6.45) is 3.10. The Morgan fingerprint density at radius 1 is 1.03 bits per heavy atom. The van der Waals surface area contributed by atoms with Gasteiger partial charge in [-0.2, -0.15) is 0 Å². The Morgan fingerprint density at radius 3 is 2.33 bits per heavy atom. The number of aryl methyl sites for hydroxylation is 1. The summed E-state index contributed by atoms with van der Waals surface area (Å²) in [7, 11) is 0. The van der Waals surface area contributed by atoms with Gasteiger partial charge in [-0.3, -0.25) is 15.1 Å². The van der Waals surface area contributed by atoms with Crippen LogP contribution in [0.3, 0.4) is 0 Å². The molecular formula is C22H22N4O4. The molecule has 3 aromatic rings. The van der Waals surface area contributed by atoms with Gasteiger partial charge in [-0.05, 0) is 59.9 Å². The van der Waals surface area contributed by atoms with Gasteiger partial charge in [0.25, 0.3) is 5.56 Å². The molecule has 3 rings (SSSR count). The van der Waals surface area contributed by atoms with Crippen molar-refractivity contribution in [3.8, 4) is 11.1 Å². The maximum Gasteiger partial charge on any atom is 0.409 e. The lowest BCUT2D eigenvalue weighted by Crippen LogP contribution is -2.33. The number of carboxylic acid groups (broad SMARTS) is 1. The predicted octanol–water partition coefficient (Wildman–Crippen LogP) is 4.51. The van der Waals surface area contributed by atoms with E-state index in [9.17, 15) is 14.4 Å². The third-order valence-electron chi connectivity index (χ3n) is 4.63. The first-order valence-electron chi connectivity index (χ1n) is 9.35. The number of rotatable bonds is 4. The molecule has 154 valence electrons. The van der Waals surface area contributed by atoms with Gasteiger partial charge in [-0.1, -0.05) is 19.9 Å². The highest BCUT2D eigenvalue weighted by atomic mass is 16.4. The van der Waals surface area contributed by atoms with Gasteiger partial charge in [0.05, 0.1) is 0 Å². The van der Waals surface area contributed by atoms with Crippen LogP contribution in [0.4, 0.5) is 21.0 Å². The molecule has 0 aliphatic rings. The molecule has 8 heteroatoms. The molecule has 0 saturated carbocycles. The van der Waals surface area contributed by atoms with Gasteiger partial charge < -0.3 is 10.4 Å². The average Bonchev–Trinajstić information content (AvgIpc) is 2.69. The summed E-state index contributed by atoms with van der Waals surface area (Å²) in [5.41, 5.74) is 2.89. The molecule has 2 aromatic heterocycles. The van der Waals surface area contributed by atoms with Crippen molar-refractivity contribution >= 4 is 23.5 Å². The number of hydrogen-bond acceptors (Lipinski definition) is 4. The van der Waals surface area contributed by atoms with Crippen LogP contribution in [-0.2, 0) is 0 Å². The number of nitrogens with one attached hydrogen (secondary N) is 2. The van der Waals surface area contributed by atoms with Crippen molar-refractivity contribution in [2.45, 2.75) is 26.7 Å². The number of carbonyl (C=O) groups is 2. The van der Waals surface area contributed by atoms with Gasteiger partial charge in [0.15, 0.2) is 0 Å². The monoisotopic (exact) mass is 406 g/mol. The van der Waals surface area contributed by atoms with Crippen LogP contribution in [0.5, 0.6) is 0 Å². The minimum atomic E-state index is -1.40. The maximum atomic E-state index is 12.9. The van der Waals surface area contributed by atoms with Crippen LogP contribution in [0.15, 0.2) is 59.8 Å². The lowest BCUT2D eigenvalue weighted by atomic mass is 9.98. The van der Waals surface area contributed by atoms with Crippen molar-refractivity contribution in [3.05, 3.63) is 76.5 Å². The van der Waals surface area contributed by atoms with Crippen LogP contribution in [0.2, 0.25) is 0 Å². The third kappa shape index (κ3) is 4.54. The minimum Gasteiger partial charge on any atom is -0.465 e. The van der Waals surface area contributed by atoms with E-state index in [1.165, 1.54) is 12.3 Å². The SMILES string of the molecule is Cc1cc(NC(=O)n2cc(-c3ccncc3)cc(NC(=O)O)c2=O)ccc1C(C)C. The molecule has 0 aliphatic heterocycles. The highest BCUT2D eigenvalue weighted by Crippen LogP contribution is 2.23. The van der Waals surface area contributed by atoms with Gasteiger partial charge in [0.2, 0.25) is 0 Å². The number of hydrogen-bond donors (Lipinski definition) is 3. The zero-order chi connectivity index (χ0) is 21.8. The van der Waals surface area contributed by atoms with Gasteiger partial charge in [0, 0.05) is 29.8 Å². The number of amides is 2. The minimum absolute atomic E-state index is 0.224. The summed E-state index contributed by atoms with van der Waals surface area (Å²) in [6.45, 7) is 6.12. The fourth-order valence-electron chi connectivity index (χ4n) is 3.22. The Hall–Kier alpha value is -3.94. The molecule has 0 radical (unpaired) electrons. The first-order valence-corrected chi connectivity index (χ1v) is 9.35. The first-order chi connectivity index (χ1) is 14.3. The van der Waals surface area contributed by atoms with Crippen LogP contribution in [0.1, 0.15) is 30.9 Å². The van der Waals surface area contributed by atoms with Crippen molar-refractivity contribution in [2.75, 3.05) is 10.6 Å². The molecule has 1 aromatic carbocycles. The molecule has 8 nitrogen and oxygen atoms in total. The van der Waals surface area contributed by atoms with E-state index in [0.717, 1.165) is 15.7 Å². The van der Waals surface area contributed by atoms with Crippen molar-refractivity contribution in [1.29, 1.82) is 0 Å². The molecule has 0 atom stereocenters. The van der Waals surface area contributed by atoms with E-state index in [-0.39, 0.29) is 5.69 Å². The second kappa shape index (κ2) is 8.60. The van der Waals surface area contributed by atoms with Crippen molar-refractivity contribution < 1.29 is 14.7 Å². The van der Waals surface area contributed by atoms with Crippen LogP contribution in [0.25, 0.3) is 11.1 Å². The highest BCUT2D eigenvalue weighted by molar-refractivity contribution is 5.93. The Labute approximate surface area is 173 Å². The molecule has 2 heterocycles. The number of nitrogens with zero attached hydrogens (tertiary/aromatic N) is 2. The number of carbonyl (C=O) groups excluding carboxylic acids is 1.